The molecule has 1 amide bonds. The minimum Gasteiger partial charge on any atom is -0.472 e. The average molecular weight is 303 g/mol. The maximum Gasteiger partial charge on any atom is 0.257 e. The van der Waals surface area contributed by atoms with E-state index in [-0.39, 0.29) is 12.7 Å². The van der Waals surface area contributed by atoms with Crippen LogP contribution in [0.4, 0.5) is 0 Å². The van der Waals surface area contributed by atoms with E-state index in [0.29, 0.717) is 31.0 Å². The number of methoxy groups -OCH3 is 1. The number of hydrogen-bond acceptors (Lipinski definition) is 5. The number of nitrogens with zero attached hydrogens (tertiary/aromatic N) is 1. The second-order valence-corrected chi connectivity index (χ2v) is 4.92. The summed E-state index contributed by atoms with van der Waals surface area (Å²) < 4.78 is 20.7. The fraction of sp³-hybridized carbons (Fsp3) is 0.312. The molecule has 0 spiro atoms. The zero-order chi connectivity index (χ0) is 15.4. The molecule has 0 saturated carbocycles. The molecule has 1 aliphatic rings. The van der Waals surface area contributed by atoms with Gasteiger partial charge < -0.3 is 23.5 Å². The van der Waals surface area contributed by atoms with Gasteiger partial charge in [-0.15, -0.1) is 0 Å². The third-order valence-corrected chi connectivity index (χ3v) is 3.43. The highest BCUT2D eigenvalue weighted by Crippen LogP contribution is 2.32. The molecular weight excluding hydrogens is 286 g/mol. The predicted octanol–water partition coefficient (Wildman–Crippen LogP) is 2.30. The molecule has 1 aliphatic heterocycles. The van der Waals surface area contributed by atoms with Crippen LogP contribution in [0.1, 0.15) is 15.9 Å². The summed E-state index contributed by atoms with van der Waals surface area (Å²) in [7, 11) is 1.61. The molecule has 0 unspecified atom stereocenters. The van der Waals surface area contributed by atoms with E-state index in [1.807, 2.05) is 18.2 Å². The van der Waals surface area contributed by atoms with Crippen molar-refractivity contribution in [3.63, 3.8) is 0 Å². The molecule has 0 saturated heterocycles. The van der Waals surface area contributed by atoms with Crippen LogP contribution in [0.2, 0.25) is 0 Å². The summed E-state index contributed by atoms with van der Waals surface area (Å²) in [5.74, 6) is 1.34. The molecule has 6 heteroatoms. The van der Waals surface area contributed by atoms with Crippen LogP contribution in [0.3, 0.4) is 0 Å². The lowest BCUT2D eigenvalue weighted by Crippen LogP contribution is -2.33. The Bertz CT molecular complexity index is 638. The van der Waals surface area contributed by atoms with Gasteiger partial charge in [0, 0.05) is 20.2 Å². The third kappa shape index (κ3) is 3.07. The second-order valence-electron chi connectivity index (χ2n) is 4.92. The largest absolute Gasteiger partial charge is 0.472 e. The van der Waals surface area contributed by atoms with Crippen LogP contribution in [-0.2, 0) is 11.3 Å². The predicted molar refractivity (Wildman–Crippen MR) is 77.9 cm³/mol. The highest BCUT2D eigenvalue weighted by molar-refractivity contribution is 5.93. The summed E-state index contributed by atoms with van der Waals surface area (Å²) in [6, 6.07) is 7.33. The molecule has 2 aromatic rings. The molecule has 3 rings (SSSR count). The first-order chi connectivity index (χ1) is 10.8. The van der Waals surface area contributed by atoms with Crippen molar-refractivity contribution in [2.45, 2.75) is 6.54 Å². The van der Waals surface area contributed by atoms with Crippen molar-refractivity contribution in [1.82, 2.24) is 4.90 Å². The molecule has 116 valence electrons. The molecule has 0 aliphatic carbocycles. The third-order valence-electron chi connectivity index (χ3n) is 3.43. The maximum absolute atomic E-state index is 12.5. The zero-order valence-electron chi connectivity index (χ0n) is 12.3. The Hall–Kier alpha value is -2.47. The van der Waals surface area contributed by atoms with Gasteiger partial charge in [-0.25, -0.2) is 0 Å². The smallest absolute Gasteiger partial charge is 0.257 e. The summed E-state index contributed by atoms with van der Waals surface area (Å²) >= 11 is 0. The first-order valence-electron chi connectivity index (χ1n) is 6.97. The van der Waals surface area contributed by atoms with Crippen LogP contribution in [0, 0.1) is 0 Å². The SMILES string of the molecule is COCCN(Cc1ccc2c(c1)OCO2)C(=O)c1ccoc1. The number of rotatable bonds is 6. The number of carbonyl (C=O) groups excluding carboxylic acids is 1. The Labute approximate surface area is 128 Å². The number of hydrogen-bond donors (Lipinski definition) is 0. The first-order valence-corrected chi connectivity index (χ1v) is 6.97. The first kappa shape index (κ1) is 14.5. The average Bonchev–Trinajstić information content (AvgIpc) is 3.21. The number of benzene rings is 1. The Kier molecular flexibility index (Phi) is 4.29. The van der Waals surface area contributed by atoms with E-state index >= 15 is 0 Å². The Morgan fingerprint density at radius 1 is 1.27 bits per heavy atom. The van der Waals surface area contributed by atoms with Crippen molar-refractivity contribution in [3.05, 3.63) is 47.9 Å². The van der Waals surface area contributed by atoms with Gasteiger partial charge in [0.25, 0.3) is 5.91 Å². The molecule has 6 nitrogen and oxygen atoms in total. The normalized spacial score (nSPS) is 12.4. The molecular formula is C16H17NO5. The molecule has 0 N–H and O–H groups in total. The molecule has 0 bridgehead atoms. The molecule has 2 heterocycles. The fourth-order valence-electron chi connectivity index (χ4n) is 2.28. The van der Waals surface area contributed by atoms with E-state index in [1.165, 1.54) is 12.5 Å². The monoisotopic (exact) mass is 303 g/mol. The Morgan fingerprint density at radius 3 is 2.91 bits per heavy atom. The lowest BCUT2D eigenvalue weighted by atomic mass is 10.1. The van der Waals surface area contributed by atoms with Gasteiger partial charge in [-0.2, -0.15) is 0 Å². The highest BCUT2D eigenvalue weighted by Gasteiger charge is 2.19. The molecule has 0 atom stereocenters. The van der Waals surface area contributed by atoms with E-state index < -0.39 is 0 Å². The molecule has 0 radical (unpaired) electrons. The van der Waals surface area contributed by atoms with E-state index in [9.17, 15) is 4.79 Å². The minimum atomic E-state index is -0.0940. The van der Waals surface area contributed by atoms with Gasteiger partial charge >= 0.3 is 0 Å². The summed E-state index contributed by atoms with van der Waals surface area (Å²) in [6.45, 7) is 1.66. The van der Waals surface area contributed by atoms with Crippen molar-refractivity contribution < 1.29 is 23.4 Å². The van der Waals surface area contributed by atoms with Crippen LogP contribution >= 0.6 is 0 Å². The molecule has 1 aromatic carbocycles. The van der Waals surface area contributed by atoms with Gasteiger partial charge in [-0.05, 0) is 23.8 Å². The van der Waals surface area contributed by atoms with E-state index in [2.05, 4.69) is 0 Å². The van der Waals surface area contributed by atoms with E-state index in [0.717, 1.165) is 11.3 Å². The summed E-state index contributed by atoms with van der Waals surface area (Å²) in [4.78, 5) is 14.2. The topological polar surface area (TPSA) is 61.1 Å². The van der Waals surface area contributed by atoms with E-state index in [1.54, 1.807) is 18.1 Å². The minimum absolute atomic E-state index is 0.0940. The van der Waals surface area contributed by atoms with Gasteiger partial charge in [0.2, 0.25) is 6.79 Å². The number of fused-ring (bicyclic) bond motifs is 1. The van der Waals surface area contributed by atoms with Crippen LogP contribution in [0.15, 0.2) is 41.2 Å². The number of ether oxygens (including phenoxy) is 3. The fourth-order valence-corrected chi connectivity index (χ4v) is 2.28. The lowest BCUT2D eigenvalue weighted by Gasteiger charge is -2.22. The van der Waals surface area contributed by atoms with Crippen molar-refractivity contribution >= 4 is 5.91 Å². The van der Waals surface area contributed by atoms with Crippen molar-refractivity contribution in [2.75, 3.05) is 27.1 Å². The summed E-state index contributed by atoms with van der Waals surface area (Å²) in [6.07, 6.45) is 2.93. The number of amides is 1. The van der Waals surface area contributed by atoms with Crippen LogP contribution in [0.25, 0.3) is 0 Å². The highest BCUT2D eigenvalue weighted by atomic mass is 16.7. The van der Waals surface area contributed by atoms with Crippen LogP contribution < -0.4 is 9.47 Å². The number of carbonyl (C=O) groups is 1. The molecule has 22 heavy (non-hydrogen) atoms. The van der Waals surface area contributed by atoms with Crippen LogP contribution in [-0.4, -0.2) is 37.9 Å². The standard InChI is InChI=1S/C16H17NO5/c1-19-7-5-17(16(18)13-4-6-20-10-13)9-12-2-3-14-15(8-12)22-11-21-14/h2-4,6,8,10H,5,7,9,11H2,1H3. The number of furan rings is 1. The van der Waals surface area contributed by atoms with Gasteiger partial charge in [-0.3, -0.25) is 4.79 Å². The Morgan fingerprint density at radius 2 is 2.14 bits per heavy atom. The van der Waals surface area contributed by atoms with E-state index in [4.69, 9.17) is 18.6 Å². The van der Waals surface area contributed by atoms with Gasteiger partial charge in [-0.1, -0.05) is 6.07 Å². The Balaban J connectivity index is 1.76. The zero-order valence-corrected chi connectivity index (χ0v) is 12.3. The summed E-state index contributed by atoms with van der Waals surface area (Å²) in [5.41, 5.74) is 1.49. The quantitative estimate of drug-likeness (QED) is 0.819. The van der Waals surface area contributed by atoms with Crippen molar-refractivity contribution in [2.24, 2.45) is 0 Å². The summed E-state index contributed by atoms with van der Waals surface area (Å²) in [5, 5.41) is 0. The second kappa shape index (κ2) is 6.53. The maximum atomic E-state index is 12.5. The van der Waals surface area contributed by atoms with Gasteiger partial charge in [0.05, 0.1) is 18.4 Å². The molecule has 0 fully saturated rings. The molecule has 1 aromatic heterocycles. The van der Waals surface area contributed by atoms with Crippen molar-refractivity contribution in [3.8, 4) is 11.5 Å². The lowest BCUT2D eigenvalue weighted by molar-refractivity contribution is 0.0679. The van der Waals surface area contributed by atoms with Crippen molar-refractivity contribution in [1.29, 1.82) is 0 Å². The van der Waals surface area contributed by atoms with Crippen LogP contribution in [0.5, 0.6) is 11.5 Å². The van der Waals surface area contributed by atoms with Gasteiger partial charge in [0.15, 0.2) is 11.5 Å². The van der Waals surface area contributed by atoms with Gasteiger partial charge in [0.1, 0.15) is 6.26 Å².